The monoisotopic (exact) mass is 303 g/mol. The van der Waals surface area contributed by atoms with Crippen molar-refractivity contribution in [2.75, 3.05) is 5.75 Å². The van der Waals surface area contributed by atoms with Crippen LogP contribution < -0.4 is 5.32 Å². The summed E-state index contributed by atoms with van der Waals surface area (Å²) in [6, 6.07) is -0.807. The van der Waals surface area contributed by atoms with Gasteiger partial charge in [-0.15, -0.1) is 0 Å². The minimum Gasteiger partial charge on any atom is -0.480 e. The molecule has 0 radical (unpaired) electrons. The van der Waals surface area contributed by atoms with Gasteiger partial charge in [-0.05, 0) is 46.3 Å². The number of carbonyl (C=O) groups excluding carboxylic acids is 1. The van der Waals surface area contributed by atoms with Crippen molar-refractivity contribution in [1.29, 1.82) is 0 Å². The first-order valence-electron chi connectivity index (χ1n) is 6.85. The topological polar surface area (TPSA) is 75.6 Å². The van der Waals surface area contributed by atoms with Gasteiger partial charge in [0.15, 0.2) is 0 Å². The number of hydrogen-bond donors (Lipinski definition) is 2. The number of amides is 1. The van der Waals surface area contributed by atoms with Crippen molar-refractivity contribution >= 4 is 23.6 Å². The predicted octanol–water partition coefficient (Wildman–Crippen LogP) is 2.05. The van der Waals surface area contributed by atoms with E-state index in [9.17, 15) is 9.59 Å². The van der Waals surface area contributed by atoms with Crippen LogP contribution in [0.5, 0.6) is 0 Å². The molecule has 0 aromatic carbocycles. The van der Waals surface area contributed by atoms with Crippen LogP contribution in [0.25, 0.3) is 0 Å². The maximum atomic E-state index is 11.0. The summed E-state index contributed by atoms with van der Waals surface area (Å²) in [6.07, 6.45) is 1.37. The Bertz CT molecular complexity index is 381. The van der Waals surface area contributed by atoms with Crippen molar-refractivity contribution in [2.24, 2.45) is 0 Å². The number of nitrogens with one attached hydrogen (secondary N) is 1. The van der Waals surface area contributed by atoms with Gasteiger partial charge in [0.2, 0.25) is 5.91 Å². The van der Waals surface area contributed by atoms with Gasteiger partial charge < -0.3 is 15.2 Å². The molecule has 1 amide bonds. The molecule has 1 fully saturated rings. The van der Waals surface area contributed by atoms with Gasteiger partial charge in [0.25, 0.3) is 0 Å². The van der Waals surface area contributed by atoms with Crippen LogP contribution in [-0.4, -0.2) is 45.2 Å². The van der Waals surface area contributed by atoms with Crippen LogP contribution in [0.4, 0.5) is 0 Å². The molecule has 5 nitrogen and oxygen atoms in total. The van der Waals surface area contributed by atoms with Crippen LogP contribution in [-0.2, 0) is 14.3 Å². The minimum atomic E-state index is -0.983. The van der Waals surface area contributed by atoms with Crippen molar-refractivity contribution in [3.63, 3.8) is 0 Å². The maximum Gasteiger partial charge on any atom is 0.326 e. The molecule has 2 N–H and O–H groups in total. The van der Waals surface area contributed by atoms with Gasteiger partial charge in [-0.2, -0.15) is 11.8 Å². The van der Waals surface area contributed by atoms with E-state index in [2.05, 4.69) is 33.0 Å². The van der Waals surface area contributed by atoms with Gasteiger partial charge >= 0.3 is 5.97 Å². The molecule has 0 aromatic heterocycles. The summed E-state index contributed by atoms with van der Waals surface area (Å²) < 4.78 is 6.01. The lowest BCUT2D eigenvalue weighted by atomic mass is 10.0. The van der Waals surface area contributed by atoms with Crippen LogP contribution in [0.2, 0.25) is 0 Å². The summed E-state index contributed by atoms with van der Waals surface area (Å²) in [7, 11) is 0. The first-order chi connectivity index (χ1) is 9.03. The highest BCUT2D eigenvalue weighted by Crippen LogP contribution is 2.43. The van der Waals surface area contributed by atoms with Crippen molar-refractivity contribution in [3.05, 3.63) is 0 Å². The second kappa shape index (κ2) is 6.35. The average Bonchev–Trinajstić information content (AvgIpc) is 2.44. The molecule has 20 heavy (non-hydrogen) atoms. The molecule has 0 aromatic rings. The highest BCUT2D eigenvalue weighted by molar-refractivity contribution is 8.00. The quantitative estimate of drug-likeness (QED) is 0.785. The van der Waals surface area contributed by atoms with Crippen molar-refractivity contribution in [3.8, 4) is 0 Å². The van der Waals surface area contributed by atoms with Gasteiger partial charge in [-0.25, -0.2) is 4.79 Å². The van der Waals surface area contributed by atoms with E-state index in [1.54, 1.807) is 11.8 Å². The second-order valence-corrected chi connectivity index (χ2v) is 7.72. The zero-order chi connectivity index (χ0) is 15.6. The van der Waals surface area contributed by atoms with E-state index in [4.69, 9.17) is 9.84 Å². The van der Waals surface area contributed by atoms with Crippen LogP contribution in [0.15, 0.2) is 0 Å². The first kappa shape index (κ1) is 17.3. The largest absolute Gasteiger partial charge is 0.480 e. The second-order valence-electron chi connectivity index (χ2n) is 6.41. The summed E-state index contributed by atoms with van der Waals surface area (Å²) in [5, 5.41) is 11.8. The molecule has 0 bridgehead atoms. The Kier molecular flexibility index (Phi) is 5.49. The molecule has 1 aliphatic rings. The van der Waals surface area contributed by atoms with Crippen molar-refractivity contribution < 1.29 is 19.4 Å². The van der Waals surface area contributed by atoms with Gasteiger partial charge in [-0.1, -0.05) is 0 Å². The van der Waals surface area contributed by atoms with E-state index >= 15 is 0 Å². The lowest BCUT2D eigenvalue weighted by Gasteiger charge is -2.27. The molecule has 1 saturated heterocycles. The third-order valence-corrected chi connectivity index (χ3v) is 5.00. The summed E-state index contributed by atoms with van der Waals surface area (Å²) in [5.74, 6) is -0.610. The van der Waals surface area contributed by atoms with Crippen LogP contribution >= 0.6 is 11.8 Å². The Labute approximate surface area is 124 Å². The SMILES string of the molecule is CC(=O)NC(CCSC1CC(C)(C)OC1(C)C)C(=O)O. The van der Waals surface area contributed by atoms with Gasteiger partial charge in [0.1, 0.15) is 6.04 Å². The van der Waals surface area contributed by atoms with E-state index in [-0.39, 0.29) is 17.1 Å². The molecule has 0 aliphatic carbocycles. The molecule has 1 aliphatic heterocycles. The smallest absolute Gasteiger partial charge is 0.326 e. The standard InChI is InChI=1S/C14H25NO4S/c1-9(16)15-10(12(17)18)6-7-20-11-8-13(2,3)19-14(11,4)5/h10-11H,6-8H2,1-5H3,(H,15,16)(H,17,18). The summed E-state index contributed by atoms with van der Waals surface area (Å²) in [4.78, 5) is 22.0. The number of thioether (sulfide) groups is 1. The van der Waals surface area contributed by atoms with Crippen LogP contribution in [0, 0.1) is 0 Å². The van der Waals surface area contributed by atoms with E-state index in [1.807, 2.05) is 0 Å². The molecule has 0 saturated carbocycles. The zero-order valence-corrected chi connectivity index (χ0v) is 13.7. The fourth-order valence-corrected chi connectivity index (χ4v) is 4.23. The molecular formula is C14H25NO4S. The predicted molar refractivity (Wildman–Crippen MR) is 80.0 cm³/mol. The molecule has 0 spiro atoms. The van der Waals surface area contributed by atoms with Gasteiger partial charge in [0.05, 0.1) is 11.2 Å². The third-order valence-electron chi connectivity index (χ3n) is 3.39. The number of rotatable bonds is 6. The molecule has 2 atom stereocenters. The fraction of sp³-hybridized carbons (Fsp3) is 0.857. The summed E-state index contributed by atoms with van der Waals surface area (Å²) in [5.41, 5.74) is -0.341. The van der Waals surface area contributed by atoms with Gasteiger partial charge in [0, 0.05) is 12.2 Å². The maximum absolute atomic E-state index is 11.0. The minimum absolute atomic E-state index is 0.134. The molecule has 2 unspecified atom stereocenters. The average molecular weight is 303 g/mol. The van der Waals surface area contributed by atoms with E-state index in [0.29, 0.717) is 17.4 Å². The molecule has 116 valence electrons. The van der Waals surface area contributed by atoms with E-state index in [0.717, 1.165) is 6.42 Å². The van der Waals surface area contributed by atoms with E-state index < -0.39 is 12.0 Å². The number of carboxylic acid groups (broad SMARTS) is 1. The zero-order valence-electron chi connectivity index (χ0n) is 12.9. The van der Waals surface area contributed by atoms with Crippen LogP contribution in [0.1, 0.15) is 47.5 Å². The molecule has 1 heterocycles. The van der Waals surface area contributed by atoms with Crippen LogP contribution in [0.3, 0.4) is 0 Å². The van der Waals surface area contributed by atoms with Crippen molar-refractivity contribution in [1.82, 2.24) is 5.32 Å². The number of carbonyl (C=O) groups is 2. The highest BCUT2D eigenvalue weighted by Gasteiger charge is 2.45. The Hall–Kier alpha value is -0.750. The number of aliphatic carboxylic acids is 1. The van der Waals surface area contributed by atoms with Gasteiger partial charge in [-0.3, -0.25) is 4.79 Å². The highest BCUT2D eigenvalue weighted by atomic mass is 32.2. The Morgan fingerprint density at radius 3 is 2.40 bits per heavy atom. The summed E-state index contributed by atoms with van der Waals surface area (Å²) in [6.45, 7) is 9.63. The molecule has 6 heteroatoms. The lowest BCUT2D eigenvalue weighted by molar-refractivity contribution is -0.141. The van der Waals surface area contributed by atoms with E-state index in [1.165, 1.54) is 6.92 Å². The first-order valence-corrected chi connectivity index (χ1v) is 7.90. The fourth-order valence-electron chi connectivity index (χ4n) is 2.60. The molecular weight excluding hydrogens is 278 g/mol. The molecule has 1 rings (SSSR count). The summed E-state index contributed by atoms with van der Waals surface area (Å²) >= 11 is 1.73. The Morgan fingerprint density at radius 2 is 2.00 bits per heavy atom. The van der Waals surface area contributed by atoms with Crippen molar-refractivity contribution in [2.45, 2.75) is 70.0 Å². The lowest BCUT2D eigenvalue weighted by Crippen LogP contribution is -2.40. The normalized spacial score (nSPS) is 25.1. The number of hydrogen-bond acceptors (Lipinski definition) is 4. The number of ether oxygens (including phenoxy) is 1. The Morgan fingerprint density at radius 1 is 1.40 bits per heavy atom. The Balaban J connectivity index is 2.47. The third kappa shape index (κ3) is 4.98. The number of carboxylic acids is 1.